The van der Waals surface area contributed by atoms with Gasteiger partial charge in [0.2, 0.25) is 5.91 Å². The maximum absolute atomic E-state index is 12.7. The van der Waals surface area contributed by atoms with Crippen LogP contribution in [-0.2, 0) is 11.3 Å². The molecule has 0 unspecified atom stereocenters. The zero-order valence-corrected chi connectivity index (χ0v) is 21.9. The fraction of sp³-hybridized carbons (Fsp3) is 0.478. The van der Waals surface area contributed by atoms with Crippen molar-refractivity contribution in [1.29, 1.82) is 0 Å². The van der Waals surface area contributed by atoms with Crippen LogP contribution in [0.5, 0.6) is 5.75 Å². The Bertz CT molecular complexity index is 874. The van der Waals surface area contributed by atoms with Crippen LogP contribution in [0.15, 0.2) is 40.7 Å². The van der Waals surface area contributed by atoms with Gasteiger partial charge in [-0.1, -0.05) is 25.0 Å². The van der Waals surface area contributed by atoms with Crippen molar-refractivity contribution in [3.63, 3.8) is 0 Å². The molecule has 8 heteroatoms. The summed E-state index contributed by atoms with van der Waals surface area (Å²) in [7, 11) is 7.12. The molecule has 1 aliphatic carbocycles. The highest BCUT2D eigenvalue weighted by atomic mass is 127. The summed E-state index contributed by atoms with van der Waals surface area (Å²) >= 11 is 1.72. The molecule has 31 heavy (non-hydrogen) atoms. The van der Waals surface area contributed by atoms with Crippen molar-refractivity contribution in [2.75, 3.05) is 34.8 Å². The van der Waals surface area contributed by atoms with E-state index in [2.05, 4.69) is 39.2 Å². The van der Waals surface area contributed by atoms with Crippen LogP contribution in [-0.4, -0.2) is 51.6 Å². The van der Waals surface area contributed by atoms with E-state index in [0.29, 0.717) is 13.1 Å². The number of benzene rings is 1. The second-order valence-corrected chi connectivity index (χ2v) is 8.99. The second-order valence-electron chi connectivity index (χ2n) is 8.00. The first-order chi connectivity index (χ1) is 14.5. The number of amides is 1. The summed E-state index contributed by atoms with van der Waals surface area (Å²) < 4.78 is 5.23. The Kier molecular flexibility index (Phi) is 9.61. The van der Waals surface area contributed by atoms with Gasteiger partial charge < -0.3 is 20.3 Å². The molecule has 2 aromatic rings. The molecule has 1 fully saturated rings. The zero-order chi connectivity index (χ0) is 21.6. The number of aliphatic imine (C=N–C) groups is 1. The van der Waals surface area contributed by atoms with Gasteiger partial charge in [0, 0.05) is 32.6 Å². The molecule has 1 aromatic carbocycles. The molecule has 0 atom stereocenters. The Labute approximate surface area is 206 Å². The average Bonchev–Trinajstić information content (AvgIpc) is 3.44. The predicted octanol–water partition coefficient (Wildman–Crippen LogP) is 4.36. The number of hydrogen-bond donors (Lipinski definition) is 2. The number of ether oxygens (including phenoxy) is 1. The molecule has 0 bridgehead atoms. The molecule has 1 saturated carbocycles. The number of hydrogen-bond acceptors (Lipinski definition) is 4. The van der Waals surface area contributed by atoms with Crippen molar-refractivity contribution in [3.8, 4) is 16.9 Å². The summed E-state index contributed by atoms with van der Waals surface area (Å²) in [4.78, 5) is 20.0. The fourth-order valence-corrected chi connectivity index (χ4v) is 4.88. The minimum Gasteiger partial charge on any atom is -0.497 e. The van der Waals surface area contributed by atoms with Gasteiger partial charge in [-0.05, 0) is 47.5 Å². The molecule has 6 nitrogen and oxygen atoms in total. The number of nitrogens with one attached hydrogen (secondary N) is 2. The quantitative estimate of drug-likeness (QED) is 0.303. The summed E-state index contributed by atoms with van der Waals surface area (Å²) in [5.41, 5.74) is 2.06. The van der Waals surface area contributed by atoms with Crippen LogP contribution in [0.4, 0.5) is 0 Å². The van der Waals surface area contributed by atoms with Gasteiger partial charge in [0.25, 0.3) is 0 Å². The molecular formula is C23H33IN4O2S. The number of thiophene rings is 1. The maximum atomic E-state index is 12.7. The summed E-state index contributed by atoms with van der Waals surface area (Å²) in [5.74, 6) is 1.80. The van der Waals surface area contributed by atoms with E-state index >= 15 is 0 Å². The summed E-state index contributed by atoms with van der Waals surface area (Å²) in [5, 5.41) is 8.94. The minimum absolute atomic E-state index is 0. The molecule has 0 spiro atoms. The van der Waals surface area contributed by atoms with E-state index in [0.717, 1.165) is 37.4 Å². The predicted molar refractivity (Wildman–Crippen MR) is 140 cm³/mol. The third kappa shape index (κ3) is 6.35. The second kappa shape index (κ2) is 11.7. The number of guanidine groups is 1. The molecule has 1 amide bonds. The number of rotatable bonds is 7. The van der Waals surface area contributed by atoms with Crippen molar-refractivity contribution < 1.29 is 9.53 Å². The third-order valence-corrected chi connectivity index (χ3v) is 6.68. The Hall–Kier alpha value is -1.81. The molecule has 0 aliphatic heterocycles. The molecular weight excluding hydrogens is 523 g/mol. The largest absolute Gasteiger partial charge is 0.497 e. The van der Waals surface area contributed by atoms with Crippen molar-refractivity contribution >= 4 is 47.2 Å². The van der Waals surface area contributed by atoms with Crippen molar-refractivity contribution in [1.82, 2.24) is 15.5 Å². The SMILES string of the molecule is CN=C(NCc1cc(-c2ccc(OC)cc2)cs1)NCC1(C(=O)N(C)C)CCCC1.I. The van der Waals surface area contributed by atoms with Crippen LogP contribution >= 0.6 is 35.3 Å². The van der Waals surface area contributed by atoms with Crippen molar-refractivity contribution in [2.45, 2.75) is 32.2 Å². The van der Waals surface area contributed by atoms with Gasteiger partial charge >= 0.3 is 0 Å². The van der Waals surface area contributed by atoms with E-state index in [1.165, 1.54) is 16.0 Å². The van der Waals surface area contributed by atoms with Gasteiger partial charge in [-0.3, -0.25) is 9.79 Å². The van der Waals surface area contributed by atoms with Gasteiger partial charge in [-0.25, -0.2) is 0 Å². The molecule has 2 N–H and O–H groups in total. The fourth-order valence-electron chi connectivity index (χ4n) is 4.04. The lowest BCUT2D eigenvalue weighted by Crippen LogP contribution is -2.49. The summed E-state index contributed by atoms with van der Waals surface area (Å²) in [6.45, 7) is 1.31. The highest BCUT2D eigenvalue weighted by Crippen LogP contribution is 2.38. The van der Waals surface area contributed by atoms with E-state index in [-0.39, 0.29) is 35.3 Å². The maximum Gasteiger partial charge on any atom is 0.230 e. The van der Waals surface area contributed by atoms with Gasteiger partial charge in [-0.2, -0.15) is 0 Å². The normalized spacial score (nSPS) is 15.2. The van der Waals surface area contributed by atoms with E-state index in [1.54, 1.807) is 30.4 Å². The van der Waals surface area contributed by atoms with Crippen LogP contribution in [0.1, 0.15) is 30.6 Å². The smallest absolute Gasteiger partial charge is 0.230 e. The van der Waals surface area contributed by atoms with Gasteiger partial charge in [0.15, 0.2) is 5.96 Å². The molecule has 0 radical (unpaired) electrons. The first kappa shape index (κ1) is 25.5. The molecule has 3 rings (SSSR count). The first-order valence-electron chi connectivity index (χ1n) is 10.4. The number of halogens is 1. The molecule has 1 heterocycles. The number of carbonyl (C=O) groups excluding carboxylic acids is 1. The van der Waals surface area contributed by atoms with Crippen LogP contribution in [0, 0.1) is 5.41 Å². The average molecular weight is 557 g/mol. The Balaban J connectivity index is 0.00000341. The van der Waals surface area contributed by atoms with Crippen LogP contribution in [0.2, 0.25) is 0 Å². The summed E-state index contributed by atoms with van der Waals surface area (Å²) in [6, 6.07) is 10.3. The van der Waals surface area contributed by atoms with E-state index < -0.39 is 0 Å². The Morgan fingerprint density at radius 1 is 1.16 bits per heavy atom. The third-order valence-electron chi connectivity index (χ3n) is 5.75. The van der Waals surface area contributed by atoms with Gasteiger partial charge in [0.1, 0.15) is 5.75 Å². The lowest BCUT2D eigenvalue weighted by atomic mass is 9.84. The van der Waals surface area contributed by atoms with Crippen LogP contribution in [0.3, 0.4) is 0 Å². The van der Waals surface area contributed by atoms with Crippen LogP contribution < -0.4 is 15.4 Å². The highest BCUT2D eigenvalue weighted by molar-refractivity contribution is 14.0. The van der Waals surface area contributed by atoms with Gasteiger partial charge in [0.05, 0.1) is 19.1 Å². The lowest BCUT2D eigenvalue weighted by Gasteiger charge is -2.31. The summed E-state index contributed by atoms with van der Waals surface area (Å²) in [6.07, 6.45) is 4.08. The van der Waals surface area contributed by atoms with Crippen LogP contribution in [0.25, 0.3) is 11.1 Å². The first-order valence-corrected chi connectivity index (χ1v) is 11.2. The van der Waals surface area contributed by atoms with Crippen molar-refractivity contribution in [3.05, 3.63) is 40.6 Å². The van der Waals surface area contributed by atoms with Gasteiger partial charge in [-0.15, -0.1) is 35.3 Å². The highest BCUT2D eigenvalue weighted by Gasteiger charge is 2.42. The van der Waals surface area contributed by atoms with E-state index in [1.807, 2.05) is 26.2 Å². The molecule has 1 aromatic heterocycles. The zero-order valence-electron chi connectivity index (χ0n) is 18.7. The Morgan fingerprint density at radius 2 is 1.84 bits per heavy atom. The Morgan fingerprint density at radius 3 is 2.42 bits per heavy atom. The lowest BCUT2D eigenvalue weighted by molar-refractivity contribution is -0.138. The van der Waals surface area contributed by atoms with Crippen molar-refractivity contribution in [2.24, 2.45) is 10.4 Å². The molecule has 170 valence electrons. The number of nitrogens with zero attached hydrogens (tertiary/aromatic N) is 2. The topological polar surface area (TPSA) is 66.0 Å². The van der Waals surface area contributed by atoms with E-state index in [9.17, 15) is 4.79 Å². The molecule has 1 aliphatic rings. The molecule has 0 saturated heterocycles. The number of carbonyl (C=O) groups is 1. The van der Waals surface area contributed by atoms with E-state index in [4.69, 9.17) is 4.74 Å². The standard InChI is InChI=1S/C23H32N4O2S.HI/c1-24-22(26-16-23(11-5-6-12-23)21(28)27(2)3)25-14-20-13-18(15-30-20)17-7-9-19(29-4)10-8-17;/h7-10,13,15H,5-6,11-12,14,16H2,1-4H3,(H2,24,25,26);1H. The number of methoxy groups -OCH3 is 1. The minimum atomic E-state index is -0.314. The monoisotopic (exact) mass is 556 g/mol.